The Hall–Kier alpha value is -1.59. The van der Waals surface area contributed by atoms with Gasteiger partial charge < -0.3 is 14.8 Å². The summed E-state index contributed by atoms with van der Waals surface area (Å²) in [5.74, 6) is -0.605. The maximum atomic E-state index is 11.4. The average molecular weight is 300 g/mol. The fraction of sp³-hybridized carbons (Fsp3) is 0.429. The third-order valence-electron chi connectivity index (χ3n) is 2.41. The van der Waals surface area contributed by atoms with Crippen LogP contribution in [0.25, 0.3) is 0 Å². The normalized spacial score (nSPS) is 10.1. The van der Waals surface area contributed by atoms with Crippen molar-refractivity contribution >= 4 is 23.5 Å². The molecule has 110 valence electrons. The zero-order chi connectivity index (χ0) is 14.8. The first-order valence-electron chi connectivity index (χ1n) is 6.37. The Morgan fingerprint density at radius 1 is 1.30 bits per heavy atom. The number of carbonyl (C=O) groups is 2. The summed E-state index contributed by atoms with van der Waals surface area (Å²) in [6.07, 6.45) is 0.157. The maximum Gasteiger partial charge on any atom is 0.307 e. The molecule has 0 fully saturated rings. The van der Waals surface area contributed by atoms with Gasteiger partial charge in [0.15, 0.2) is 0 Å². The summed E-state index contributed by atoms with van der Waals surface area (Å²) in [5.41, 5.74) is 0.827. The van der Waals surface area contributed by atoms with E-state index in [9.17, 15) is 9.59 Å². The lowest BCUT2D eigenvalue weighted by atomic mass is 10.2. The molecule has 0 heterocycles. The second-order valence-electron chi connectivity index (χ2n) is 3.99. The number of ether oxygens (including phenoxy) is 2. The second kappa shape index (κ2) is 9.34. The highest BCUT2D eigenvalue weighted by atomic mass is 35.5. The molecule has 5 nitrogen and oxygen atoms in total. The standard InChI is InChI=1S/C14H18ClNO4/c1-2-20-14(18)7-8-16-13(17)10-19-9-11-5-3-4-6-12(11)15/h3-6H,2,7-10H2,1H3,(H,16,17). The van der Waals surface area contributed by atoms with Crippen LogP contribution in [0.5, 0.6) is 0 Å². The number of hydrogen-bond donors (Lipinski definition) is 1. The Balaban J connectivity index is 2.14. The van der Waals surface area contributed by atoms with Crippen LogP contribution in [0.1, 0.15) is 18.9 Å². The summed E-state index contributed by atoms with van der Waals surface area (Å²) in [7, 11) is 0. The van der Waals surface area contributed by atoms with Crippen molar-refractivity contribution < 1.29 is 19.1 Å². The van der Waals surface area contributed by atoms with Gasteiger partial charge in [0.2, 0.25) is 5.91 Å². The van der Waals surface area contributed by atoms with Gasteiger partial charge in [-0.1, -0.05) is 29.8 Å². The molecule has 0 aliphatic carbocycles. The third-order valence-corrected chi connectivity index (χ3v) is 2.77. The first-order valence-corrected chi connectivity index (χ1v) is 6.74. The summed E-state index contributed by atoms with van der Waals surface area (Å²) in [6, 6.07) is 7.28. The molecule has 0 aliphatic rings. The molecule has 0 spiro atoms. The maximum absolute atomic E-state index is 11.4. The van der Waals surface area contributed by atoms with Gasteiger partial charge in [0.1, 0.15) is 6.61 Å². The summed E-state index contributed by atoms with van der Waals surface area (Å²) < 4.78 is 9.99. The topological polar surface area (TPSA) is 64.6 Å². The number of nitrogens with one attached hydrogen (secondary N) is 1. The van der Waals surface area contributed by atoms with Crippen LogP contribution >= 0.6 is 11.6 Å². The first-order chi connectivity index (χ1) is 9.63. The van der Waals surface area contributed by atoms with Crippen LogP contribution in [0.15, 0.2) is 24.3 Å². The molecule has 0 saturated carbocycles. The lowest BCUT2D eigenvalue weighted by Gasteiger charge is -2.07. The molecular weight excluding hydrogens is 282 g/mol. The van der Waals surface area contributed by atoms with Gasteiger partial charge >= 0.3 is 5.97 Å². The van der Waals surface area contributed by atoms with Crippen LogP contribution in [0.2, 0.25) is 5.02 Å². The van der Waals surface area contributed by atoms with Crippen LogP contribution in [0.4, 0.5) is 0 Å². The highest BCUT2D eigenvalue weighted by molar-refractivity contribution is 6.31. The molecule has 0 unspecified atom stereocenters. The number of hydrogen-bond acceptors (Lipinski definition) is 4. The van der Waals surface area contributed by atoms with Crippen molar-refractivity contribution in [2.75, 3.05) is 19.8 Å². The van der Waals surface area contributed by atoms with E-state index in [4.69, 9.17) is 21.1 Å². The molecular formula is C14H18ClNO4. The Kier molecular flexibility index (Phi) is 7.69. The van der Waals surface area contributed by atoms with E-state index in [0.717, 1.165) is 5.56 Å². The lowest BCUT2D eigenvalue weighted by Crippen LogP contribution is -2.29. The van der Waals surface area contributed by atoms with Gasteiger partial charge in [0.25, 0.3) is 0 Å². The Labute approximate surface area is 123 Å². The van der Waals surface area contributed by atoms with E-state index in [0.29, 0.717) is 11.6 Å². The minimum absolute atomic E-state index is 0.0753. The predicted octanol–water partition coefficient (Wildman–Crippen LogP) is 1.93. The zero-order valence-corrected chi connectivity index (χ0v) is 12.1. The third kappa shape index (κ3) is 6.54. The smallest absolute Gasteiger partial charge is 0.307 e. The Morgan fingerprint density at radius 2 is 2.05 bits per heavy atom. The van der Waals surface area contributed by atoms with Gasteiger partial charge in [-0.15, -0.1) is 0 Å². The molecule has 1 aromatic rings. The van der Waals surface area contributed by atoms with Crippen LogP contribution < -0.4 is 5.32 Å². The molecule has 1 rings (SSSR count). The average Bonchev–Trinajstić information content (AvgIpc) is 2.41. The van der Waals surface area contributed by atoms with E-state index in [1.165, 1.54) is 0 Å². The number of benzene rings is 1. The first kappa shape index (κ1) is 16.5. The summed E-state index contributed by atoms with van der Waals surface area (Å²) in [6.45, 7) is 2.51. The van der Waals surface area contributed by atoms with E-state index in [1.807, 2.05) is 18.2 Å². The van der Waals surface area contributed by atoms with E-state index in [2.05, 4.69) is 5.32 Å². The molecule has 6 heteroatoms. The number of esters is 1. The molecule has 1 amide bonds. The van der Waals surface area contributed by atoms with Gasteiger partial charge in [-0.25, -0.2) is 0 Å². The Bertz CT molecular complexity index is 451. The van der Waals surface area contributed by atoms with Gasteiger partial charge in [-0.05, 0) is 18.6 Å². The lowest BCUT2D eigenvalue weighted by molar-refractivity contribution is -0.143. The van der Waals surface area contributed by atoms with E-state index in [-0.39, 0.29) is 38.1 Å². The molecule has 0 bridgehead atoms. The van der Waals surface area contributed by atoms with Gasteiger partial charge in [-0.3, -0.25) is 9.59 Å². The van der Waals surface area contributed by atoms with E-state index >= 15 is 0 Å². The summed E-state index contributed by atoms with van der Waals surface area (Å²) in [5, 5.41) is 3.18. The molecule has 0 atom stereocenters. The van der Waals surface area contributed by atoms with Crippen molar-refractivity contribution in [3.63, 3.8) is 0 Å². The van der Waals surface area contributed by atoms with Crippen molar-refractivity contribution in [3.8, 4) is 0 Å². The minimum atomic E-state index is -0.329. The monoisotopic (exact) mass is 299 g/mol. The molecule has 0 radical (unpaired) electrons. The van der Waals surface area contributed by atoms with Crippen molar-refractivity contribution in [1.29, 1.82) is 0 Å². The minimum Gasteiger partial charge on any atom is -0.466 e. The number of halogens is 1. The molecule has 0 saturated heterocycles. The van der Waals surface area contributed by atoms with Crippen LogP contribution in [0, 0.1) is 0 Å². The molecule has 0 aliphatic heterocycles. The van der Waals surface area contributed by atoms with Crippen molar-refractivity contribution in [2.24, 2.45) is 0 Å². The number of amides is 1. The van der Waals surface area contributed by atoms with E-state index < -0.39 is 0 Å². The van der Waals surface area contributed by atoms with Gasteiger partial charge in [-0.2, -0.15) is 0 Å². The Morgan fingerprint density at radius 3 is 2.75 bits per heavy atom. The van der Waals surface area contributed by atoms with E-state index in [1.54, 1.807) is 13.0 Å². The summed E-state index contributed by atoms with van der Waals surface area (Å²) >= 11 is 5.96. The predicted molar refractivity (Wildman–Crippen MR) is 75.4 cm³/mol. The van der Waals surface area contributed by atoms with Crippen LogP contribution in [0.3, 0.4) is 0 Å². The largest absolute Gasteiger partial charge is 0.466 e. The van der Waals surface area contributed by atoms with Crippen LogP contribution in [-0.4, -0.2) is 31.6 Å². The van der Waals surface area contributed by atoms with Crippen molar-refractivity contribution in [2.45, 2.75) is 20.0 Å². The van der Waals surface area contributed by atoms with Gasteiger partial charge in [0, 0.05) is 11.6 Å². The second-order valence-corrected chi connectivity index (χ2v) is 4.40. The fourth-order valence-corrected chi connectivity index (χ4v) is 1.65. The van der Waals surface area contributed by atoms with Crippen molar-refractivity contribution in [1.82, 2.24) is 5.32 Å². The molecule has 0 aromatic heterocycles. The highest BCUT2D eigenvalue weighted by Gasteiger charge is 2.05. The number of carbonyl (C=O) groups excluding carboxylic acids is 2. The fourth-order valence-electron chi connectivity index (χ4n) is 1.46. The van der Waals surface area contributed by atoms with Crippen molar-refractivity contribution in [3.05, 3.63) is 34.9 Å². The van der Waals surface area contributed by atoms with Gasteiger partial charge in [0.05, 0.1) is 19.6 Å². The molecule has 1 N–H and O–H groups in total. The molecule has 1 aromatic carbocycles. The quantitative estimate of drug-likeness (QED) is 0.745. The highest BCUT2D eigenvalue weighted by Crippen LogP contribution is 2.15. The number of rotatable bonds is 8. The van der Waals surface area contributed by atoms with Crippen LogP contribution in [-0.2, 0) is 25.7 Å². The molecule has 20 heavy (non-hydrogen) atoms. The zero-order valence-electron chi connectivity index (χ0n) is 11.4. The summed E-state index contributed by atoms with van der Waals surface area (Å²) in [4.78, 5) is 22.5. The SMILES string of the molecule is CCOC(=O)CCNC(=O)COCc1ccccc1Cl.